The molecule has 4 heterocycles. The maximum atomic E-state index is 11.8. The number of pyridine rings is 1. The Kier molecular flexibility index (Phi) is 9.97. The lowest BCUT2D eigenvalue weighted by Gasteiger charge is -2.34. The lowest BCUT2D eigenvalue weighted by molar-refractivity contribution is -0.0718. The third kappa shape index (κ3) is 8.72. The average molecular weight is 685 g/mol. The summed E-state index contributed by atoms with van der Waals surface area (Å²) in [6.45, 7) is 8.28. The standard InChI is InChI=1S/C24H28N6O5S.C7H8O3S/c1-14-11-30(12-15(2)34-14)13-18-9-26-23(35-18)19-5-16(6-21-20(19)10-27-28-21)17-7-22(29-36(4,31)32)24(33-3)25-8-17;1-6-2-4-7(5-3-6)11(8,9)10/h5-10,14-15,29H,11-13H2,1-4H3,(H,27,28);2-5H,1H3,(H,8,9,10)/t14-,15+;. The summed E-state index contributed by atoms with van der Waals surface area (Å²) in [6.07, 6.45) is 6.51. The van der Waals surface area contributed by atoms with Crippen molar-refractivity contribution in [3.8, 4) is 28.5 Å². The van der Waals surface area contributed by atoms with Gasteiger partial charge in [-0.1, -0.05) is 17.7 Å². The van der Waals surface area contributed by atoms with Gasteiger partial charge in [0.25, 0.3) is 10.1 Å². The molecule has 0 radical (unpaired) electrons. The number of benzene rings is 2. The SMILES string of the molecule is COc1ncc(-c2cc(-c3ncc(CN4C[C@@H](C)O[C@@H](C)C4)o3)c3cn[nH]c3c2)cc1NS(C)(=O)=O.Cc1ccc(S(=O)(=O)O)cc1. The lowest BCUT2D eigenvalue weighted by atomic mass is 10.0. The van der Waals surface area contributed by atoms with Crippen molar-refractivity contribution in [1.29, 1.82) is 0 Å². The number of H-pyrrole nitrogens is 1. The van der Waals surface area contributed by atoms with Gasteiger partial charge in [0.05, 0.1) is 54.9 Å². The van der Waals surface area contributed by atoms with Gasteiger partial charge in [0, 0.05) is 35.8 Å². The molecule has 1 saturated heterocycles. The van der Waals surface area contributed by atoms with Gasteiger partial charge < -0.3 is 13.9 Å². The molecule has 0 amide bonds. The molecule has 5 aromatic rings. The van der Waals surface area contributed by atoms with Crippen molar-refractivity contribution in [2.45, 2.75) is 44.4 Å². The van der Waals surface area contributed by atoms with E-state index in [1.54, 1.807) is 36.8 Å². The number of hydrogen-bond donors (Lipinski definition) is 3. The van der Waals surface area contributed by atoms with Crippen LogP contribution in [0.2, 0.25) is 0 Å². The molecule has 0 saturated carbocycles. The molecule has 0 bridgehead atoms. The van der Waals surface area contributed by atoms with Crippen LogP contribution in [0.4, 0.5) is 5.69 Å². The van der Waals surface area contributed by atoms with Crippen LogP contribution >= 0.6 is 0 Å². The zero-order valence-corrected chi connectivity index (χ0v) is 28.1. The molecule has 0 aliphatic carbocycles. The van der Waals surface area contributed by atoms with Gasteiger partial charge in [-0.3, -0.25) is 19.3 Å². The smallest absolute Gasteiger partial charge is 0.294 e. The molecule has 2 atom stereocenters. The quantitative estimate of drug-likeness (QED) is 0.194. The van der Waals surface area contributed by atoms with Crippen molar-refractivity contribution in [2.75, 3.05) is 31.2 Å². The molecular weight excluding hydrogens is 649 g/mol. The minimum Gasteiger partial charge on any atom is -0.480 e. The maximum absolute atomic E-state index is 11.8. The van der Waals surface area contributed by atoms with Crippen molar-refractivity contribution in [3.05, 3.63) is 72.4 Å². The molecule has 47 heavy (non-hydrogen) atoms. The van der Waals surface area contributed by atoms with E-state index in [9.17, 15) is 16.8 Å². The molecule has 1 aliphatic heterocycles. The van der Waals surface area contributed by atoms with Gasteiger partial charge in [-0.2, -0.15) is 13.5 Å². The minimum atomic E-state index is -4.02. The Morgan fingerprint density at radius 2 is 1.70 bits per heavy atom. The van der Waals surface area contributed by atoms with E-state index in [-0.39, 0.29) is 28.7 Å². The highest BCUT2D eigenvalue weighted by molar-refractivity contribution is 7.92. The highest BCUT2D eigenvalue weighted by atomic mass is 32.2. The summed E-state index contributed by atoms with van der Waals surface area (Å²) in [5.74, 6) is 1.42. The number of anilines is 1. The summed E-state index contributed by atoms with van der Waals surface area (Å²) < 4.78 is 72.9. The molecule has 1 aliphatic rings. The molecule has 14 nitrogen and oxygen atoms in total. The third-order valence-corrected chi connectivity index (χ3v) is 8.67. The maximum Gasteiger partial charge on any atom is 0.294 e. The number of oxazole rings is 1. The van der Waals surface area contributed by atoms with E-state index >= 15 is 0 Å². The fourth-order valence-corrected chi connectivity index (χ4v) is 6.32. The Hall–Kier alpha value is -4.35. The summed E-state index contributed by atoms with van der Waals surface area (Å²) in [7, 11) is -6.11. The van der Waals surface area contributed by atoms with E-state index < -0.39 is 20.1 Å². The van der Waals surface area contributed by atoms with Gasteiger partial charge in [0.1, 0.15) is 11.4 Å². The molecule has 0 spiro atoms. The van der Waals surface area contributed by atoms with Crippen LogP contribution in [0.5, 0.6) is 5.88 Å². The van der Waals surface area contributed by atoms with Crippen LogP contribution in [0, 0.1) is 6.92 Å². The summed E-state index contributed by atoms with van der Waals surface area (Å²) >= 11 is 0. The number of aryl methyl sites for hydroxylation is 1. The van der Waals surface area contributed by atoms with E-state index in [2.05, 4.69) is 43.6 Å². The fraction of sp³-hybridized carbons (Fsp3) is 0.323. The van der Waals surface area contributed by atoms with Crippen LogP contribution in [0.25, 0.3) is 33.5 Å². The van der Waals surface area contributed by atoms with E-state index in [0.29, 0.717) is 18.0 Å². The highest BCUT2D eigenvalue weighted by Gasteiger charge is 2.24. The van der Waals surface area contributed by atoms with Gasteiger partial charge in [0.2, 0.25) is 21.8 Å². The number of hydrogen-bond acceptors (Lipinski definition) is 11. The number of ether oxygens (including phenoxy) is 2. The molecular formula is C31H36N6O8S2. The topological polar surface area (TPSA) is 190 Å². The Balaban J connectivity index is 0.000000335. The lowest BCUT2D eigenvalue weighted by Crippen LogP contribution is -2.44. The Morgan fingerprint density at radius 3 is 2.34 bits per heavy atom. The summed E-state index contributed by atoms with van der Waals surface area (Å²) in [6, 6.07) is 11.5. The Morgan fingerprint density at radius 1 is 1.00 bits per heavy atom. The summed E-state index contributed by atoms with van der Waals surface area (Å²) in [5.41, 5.74) is 4.21. The minimum absolute atomic E-state index is 0.0666. The van der Waals surface area contributed by atoms with Crippen LogP contribution in [0.3, 0.4) is 0 Å². The number of fused-ring (bicyclic) bond motifs is 1. The molecule has 6 rings (SSSR count). The predicted molar refractivity (Wildman–Crippen MR) is 176 cm³/mol. The van der Waals surface area contributed by atoms with Gasteiger partial charge in [0.15, 0.2) is 0 Å². The number of morpholine rings is 1. The second kappa shape index (κ2) is 13.8. The monoisotopic (exact) mass is 684 g/mol. The molecule has 1 fully saturated rings. The molecule has 16 heteroatoms. The molecule has 250 valence electrons. The second-order valence-corrected chi connectivity index (χ2v) is 14.6. The average Bonchev–Trinajstić information content (AvgIpc) is 3.65. The summed E-state index contributed by atoms with van der Waals surface area (Å²) in [4.78, 5) is 11.1. The van der Waals surface area contributed by atoms with E-state index in [1.165, 1.54) is 19.2 Å². The number of aromatic amines is 1. The molecule has 3 N–H and O–H groups in total. The number of rotatable bonds is 8. The third-order valence-electron chi connectivity index (χ3n) is 7.21. The number of sulfonamides is 1. The van der Waals surface area contributed by atoms with Crippen LogP contribution in [0.1, 0.15) is 25.2 Å². The molecule has 0 unspecified atom stereocenters. The first kappa shape index (κ1) is 34.0. The number of methoxy groups -OCH3 is 1. The first-order valence-electron chi connectivity index (χ1n) is 14.5. The summed E-state index contributed by atoms with van der Waals surface area (Å²) in [5, 5.41) is 8.05. The van der Waals surface area contributed by atoms with Gasteiger partial charge in [-0.05, 0) is 56.7 Å². The number of aromatic nitrogens is 4. The number of nitrogens with one attached hydrogen (secondary N) is 2. The van der Waals surface area contributed by atoms with Crippen molar-refractivity contribution < 1.29 is 35.3 Å². The second-order valence-electron chi connectivity index (χ2n) is 11.4. The van der Waals surface area contributed by atoms with Crippen molar-refractivity contribution in [3.63, 3.8) is 0 Å². The van der Waals surface area contributed by atoms with Crippen LogP contribution in [-0.2, 0) is 31.4 Å². The Bertz CT molecular complexity index is 2070. The van der Waals surface area contributed by atoms with E-state index in [1.807, 2.05) is 19.1 Å². The van der Waals surface area contributed by atoms with Crippen molar-refractivity contribution >= 4 is 36.7 Å². The van der Waals surface area contributed by atoms with E-state index in [0.717, 1.165) is 52.7 Å². The van der Waals surface area contributed by atoms with Crippen molar-refractivity contribution in [2.24, 2.45) is 0 Å². The Labute approximate surface area is 272 Å². The van der Waals surface area contributed by atoms with Crippen LogP contribution in [-0.4, -0.2) is 85.1 Å². The zero-order valence-electron chi connectivity index (χ0n) is 26.5. The zero-order chi connectivity index (χ0) is 33.9. The molecule has 3 aromatic heterocycles. The fourth-order valence-electron chi connectivity index (χ4n) is 5.29. The highest BCUT2D eigenvalue weighted by Crippen LogP contribution is 2.35. The van der Waals surface area contributed by atoms with Gasteiger partial charge in [-0.15, -0.1) is 0 Å². The largest absolute Gasteiger partial charge is 0.480 e. The van der Waals surface area contributed by atoms with Crippen molar-refractivity contribution in [1.82, 2.24) is 25.1 Å². The van der Waals surface area contributed by atoms with Gasteiger partial charge in [-0.25, -0.2) is 18.4 Å². The van der Waals surface area contributed by atoms with E-state index in [4.69, 9.17) is 18.4 Å². The van der Waals surface area contributed by atoms with Crippen LogP contribution in [0.15, 0.2) is 70.4 Å². The first-order valence-corrected chi connectivity index (χ1v) is 17.9. The predicted octanol–water partition coefficient (Wildman–Crippen LogP) is 4.51. The van der Waals surface area contributed by atoms with Crippen LogP contribution < -0.4 is 9.46 Å². The first-order chi connectivity index (χ1) is 22.2. The van der Waals surface area contributed by atoms with Gasteiger partial charge >= 0.3 is 0 Å². The number of nitrogens with zero attached hydrogens (tertiary/aromatic N) is 4. The normalized spacial score (nSPS) is 17.2. The molecule has 2 aromatic carbocycles.